The lowest BCUT2D eigenvalue weighted by molar-refractivity contribution is -0.114. The van der Waals surface area contributed by atoms with E-state index in [4.69, 9.17) is 14.9 Å². The quantitative estimate of drug-likeness (QED) is 0.499. The molecule has 0 fully saturated rings. The summed E-state index contributed by atoms with van der Waals surface area (Å²) in [6, 6.07) is 15.4. The van der Waals surface area contributed by atoms with Crippen LogP contribution in [0.25, 0.3) is 6.08 Å². The Balaban J connectivity index is 1.55. The minimum Gasteiger partial charge on any atom is -0.490 e. The maximum absolute atomic E-state index is 12.7. The van der Waals surface area contributed by atoms with Crippen molar-refractivity contribution in [3.8, 4) is 11.5 Å². The molecule has 2 aliphatic heterocycles. The van der Waals surface area contributed by atoms with Crippen LogP contribution in [0.1, 0.15) is 44.2 Å². The first-order valence-electron chi connectivity index (χ1n) is 11.0. The van der Waals surface area contributed by atoms with E-state index in [1.54, 1.807) is 6.08 Å². The lowest BCUT2D eigenvalue weighted by Crippen LogP contribution is -2.35. The highest BCUT2D eigenvalue weighted by Crippen LogP contribution is 2.33. The summed E-state index contributed by atoms with van der Waals surface area (Å²) in [4.78, 5) is 16.8. The first-order valence-corrected chi connectivity index (χ1v) is 11.8. The Morgan fingerprint density at radius 2 is 1.91 bits per heavy atom. The molecule has 0 aromatic heterocycles. The van der Waals surface area contributed by atoms with Gasteiger partial charge >= 0.3 is 0 Å². The number of hydrazone groups is 1. The van der Waals surface area contributed by atoms with Gasteiger partial charge in [0.25, 0.3) is 5.91 Å². The standard InChI is InChI=1S/C25H26N4O3S/c1-3-5-11-22-28-29-23(26)19(24(30)27-25(29)33-22)14-18-12-13-20(21(15-18)31-4-2)32-16-17-9-7-6-8-10-17/h6-10,12-15,26H,3-5,11,16H2,1-2H3. The van der Waals surface area contributed by atoms with Gasteiger partial charge < -0.3 is 9.47 Å². The third-order valence-corrected chi connectivity index (χ3v) is 6.02. The molecule has 7 nitrogen and oxygen atoms in total. The van der Waals surface area contributed by atoms with Crippen molar-refractivity contribution in [3.63, 3.8) is 0 Å². The Bertz CT molecular complexity index is 1140. The topological polar surface area (TPSA) is 87.3 Å². The Hall–Kier alpha value is -3.39. The maximum atomic E-state index is 12.7. The zero-order valence-electron chi connectivity index (χ0n) is 18.7. The molecule has 0 bridgehead atoms. The van der Waals surface area contributed by atoms with Crippen molar-refractivity contribution >= 4 is 39.8 Å². The largest absolute Gasteiger partial charge is 0.490 e. The van der Waals surface area contributed by atoms with Gasteiger partial charge in [-0.1, -0.05) is 49.7 Å². The summed E-state index contributed by atoms with van der Waals surface area (Å²) >= 11 is 1.37. The molecule has 0 aliphatic carbocycles. The fourth-order valence-corrected chi connectivity index (χ4v) is 4.29. The van der Waals surface area contributed by atoms with Crippen LogP contribution < -0.4 is 9.47 Å². The zero-order chi connectivity index (χ0) is 23.2. The predicted octanol–water partition coefficient (Wildman–Crippen LogP) is 5.47. The third-order valence-electron chi connectivity index (χ3n) is 5.06. The molecule has 1 N–H and O–H groups in total. The lowest BCUT2D eigenvalue weighted by atomic mass is 10.1. The number of aliphatic imine (C=N–C) groups is 1. The van der Waals surface area contributed by atoms with E-state index in [1.165, 1.54) is 16.8 Å². The maximum Gasteiger partial charge on any atom is 0.283 e. The minimum atomic E-state index is -0.437. The first-order chi connectivity index (χ1) is 16.1. The van der Waals surface area contributed by atoms with E-state index in [0.717, 1.165) is 35.4 Å². The summed E-state index contributed by atoms with van der Waals surface area (Å²) in [6.07, 6.45) is 4.54. The number of hydrogen-bond acceptors (Lipinski definition) is 6. The molecule has 0 radical (unpaired) electrons. The van der Waals surface area contributed by atoms with Crippen LogP contribution in [0.4, 0.5) is 0 Å². The van der Waals surface area contributed by atoms with Gasteiger partial charge in [0, 0.05) is 0 Å². The van der Waals surface area contributed by atoms with Crippen LogP contribution in [0, 0.1) is 5.41 Å². The smallest absolute Gasteiger partial charge is 0.283 e. The van der Waals surface area contributed by atoms with Crippen LogP contribution in [0.15, 0.2) is 64.2 Å². The van der Waals surface area contributed by atoms with Crippen LogP contribution in [0.5, 0.6) is 11.5 Å². The number of unbranched alkanes of at least 4 members (excludes halogenated alkanes) is 1. The second-order valence-electron chi connectivity index (χ2n) is 7.53. The fraction of sp³-hybridized carbons (Fsp3) is 0.280. The number of thioether (sulfide) groups is 1. The van der Waals surface area contributed by atoms with Crippen molar-refractivity contribution in [3.05, 3.63) is 65.2 Å². The number of rotatable bonds is 9. The highest BCUT2D eigenvalue weighted by Gasteiger charge is 2.35. The minimum absolute atomic E-state index is 0.0337. The summed E-state index contributed by atoms with van der Waals surface area (Å²) in [6.45, 7) is 4.92. The summed E-state index contributed by atoms with van der Waals surface area (Å²) in [5, 5.41) is 15.8. The number of hydrogen-bond donors (Lipinski definition) is 1. The number of amides is 1. The van der Waals surface area contributed by atoms with Gasteiger partial charge in [0.1, 0.15) is 11.7 Å². The second-order valence-corrected chi connectivity index (χ2v) is 8.57. The van der Waals surface area contributed by atoms with Gasteiger partial charge in [-0.3, -0.25) is 10.2 Å². The summed E-state index contributed by atoms with van der Waals surface area (Å²) in [5.74, 6) is 0.798. The molecule has 0 atom stereocenters. The fourth-order valence-electron chi connectivity index (χ4n) is 3.36. The molecular weight excluding hydrogens is 436 g/mol. The van der Waals surface area contributed by atoms with Crippen molar-refractivity contribution in [2.45, 2.75) is 39.7 Å². The highest BCUT2D eigenvalue weighted by atomic mass is 32.2. The van der Waals surface area contributed by atoms with E-state index in [-0.39, 0.29) is 11.4 Å². The molecule has 4 rings (SSSR count). The SMILES string of the molecule is CCCCC1=NN2C(=N)C(=Cc3ccc(OCc4ccccc4)c(OCC)c3)C(=O)N=C2S1. The van der Waals surface area contributed by atoms with E-state index < -0.39 is 5.91 Å². The molecule has 0 saturated heterocycles. The third kappa shape index (κ3) is 5.34. The second kappa shape index (κ2) is 10.5. The number of carbonyl (C=O) groups excluding carboxylic acids is 1. The molecular formula is C25H26N4O3S. The molecule has 33 heavy (non-hydrogen) atoms. The number of ether oxygens (including phenoxy) is 2. The molecule has 2 aliphatic rings. The van der Waals surface area contributed by atoms with Crippen LogP contribution >= 0.6 is 11.8 Å². The Labute approximate surface area is 197 Å². The highest BCUT2D eigenvalue weighted by molar-refractivity contribution is 8.26. The molecule has 2 heterocycles. The molecule has 0 unspecified atom stereocenters. The van der Waals surface area contributed by atoms with E-state index in [9.17, 15) is 4.79 Å². The van der Waals surface area contributed by atoms with E-state index in [1.807, 2.05) is 55.5 Å². The van der Waals surface area contributed by atoms with Crippen molar-refractivity contribution in [2.24, 2.45) is 10.1 Å². The normalized spacial score (nSPS) is 16.5. The number of nitrogens with zero attached hydrogens (tertiary/aromatic N) is 3. The van der Waals surface area contributed by atoms with Crippen molar-refractivity contribution in [2.75, 3.05) is 6.61 Å². The molecule has 2 aromatic rings. The first kappa shape index (κ1) is 22.8. The molecule has 8 heteroatoms. The van der Waals surface area contributed by atoms with Crippen molar-refractivity contribution < 1.29 is 14.3 Å². The van der Waals surface area contributed by atoms with E-state index in [2.05, 4.69) is 17.0 Å². The average molecular weight is 463 g/mol. The predicted molar refractivity (Wildman–Crippen MR) is 133 cm³/mol. The van der Waals surface area contributed by atoms with Crippen LogP contribution in [0.3, 0.4) is 0 Å². The number of carbonyl (C=O) groups is 1. The summed E-state index contributed by atoms with van der Waals surface area (Å²) < 4.78 is 11.7. The number of nitrogens with one attached hydrogen (secondary N) is 1. The Kier molecular flexibility index (Phi) is 7.24. The number of fused-ring (bicyclic) bond motifs is 1. The molecule has 0 spiro atoms. The molecule has 1 amide bonds. The van der Waals surface area contributed by atoms with E-state index >= 15 is 0 Å². The monoisotopic (exact) mass is 462 g/mol. The molecule has 0 saturated carbocycles. The number of amidine groups is 2. The van der Waals surface area contributed by atoms with Gasteiger partial charge in [-0.15, -0.1) is 0 Å². The van der Waals surface area contributed by atoms with Crippen molar-refractivity contribution in [1.82, 2.24) is 5.01 Å². The van der Waals surface area contributed by atoms with Crippen LogP contribution in [-0.4, -0.2) is 33.6 Å². The van der Waals surface area contributed by atoms with Crippen LogP contribution in [-0.2, 0) is 11.4 Å². The van der Waals surface area contributed by atoms with Gasteiger partial charge in [-0.2, -0.15) is 15.1 Å². The Morgan fingerprint density at radius 3 is 2.67 bits per heavy atom. The van der Waals surface area contributed by atoms with Gasteiger partial charge in [-0.25, -0.2) is 0 Å². The van der Waals surface area contributed by atoms with Gasteiger partial charge in [0.05, 0.1) is 12.2 Å². The summed E-state index contributed by atoms with van der Waals surface area (Å²) in [5.41, 5.74) is 1.97. The van der Waals surface area contributed by atoms with E-state index in [0.29, 0.717) is 29.9 Å². The lowest BCUT2D eigenvalue weighted by Gasteiger charge is -2.20. The summed E-state index contributed by atoms with van der Waals surface area (Å²) in [7, 11) is 0. The van der Waals surface area contributed by atoms with Crippen molar-refractivity contribution in [1.29, 1.82) is 5.41 Å². The van der Waals surface area contributed by atoms with Gasteiger partial charge in [0.2, 0.25) is 5.17 Å². The van der Waals surface area contributed by atoms with Gasteiger partial charge in [0.15, 0.2) is 17.3 Å². The molecule has 2 aromatic carbocycles. The molecule has 170 valence electrons. The zero-order valence-corrected chi connectivity index (χ0v) is 19.5. The Morgan fingerprint density at radius 1 is 1.09 bits per heavy atom. The number of benzene rings is 2. The van der Waals surface area contributed by atoms with Crippen LogP contribution in [0.2, 0.25) is 0 Å². The van der Waals surface area contributed by atoms with Gasteiger partial charge in [-0.05, 0) is 60.9 Å². The average Bonchev–Trinajstić information content (AvgIpc) is 3.23.